The summed E-state index contributed by atoms with van der Waals surface area (Å²) in [6.07, 6.45) is 2.23. The third-order valence-electron chi connectivity index (χ3n) is 9.02. The van der Waals surface area contributed by atoms with Crippen molar-refractivity contribution in [2.75, 3.05) is 51.1 Å². The van der Waals surface area contributed by atoms with Gasteiger partial charge in [0.25, 0.3) is 5.91 Å². The Morgan fingerprint density at radius 1 is 1.00 bits per heavy atom. The lowest BCUT2D eigenvalue weighted by Crippen LogP contribution is -2.45. The molecule has 1 aromatic heterocycles. The van der Waals surface area contributed by atoms with Gasteiger partial charge in [-0.1, -0.05) is 31.1 Å². The van der Waals surface area contributed by atoms with Crippen LogP contribution in [0.5, 0.6) is 0 Å². The van der Waals surface area contributed by atoms with Gasteiger partial charge in [-0.15, -0.1) is 0 Å². The number of alkyl halides is 3. The maximum absolute atomic E-state index is 14.1. The van der Waals surface area contributed by atoms with E-state index >= 15 is 0 Å². The summed E-state index contributed by atoms with van der Waals surface area (Å²) < 4.78 is 44.5. The van der Waals surface area contributed by atoms with Gasteiger partial charge in [0.1, 0.15) is 5.69 Å². The molecule has 1 amide bonds. The summed E-state index contributed by atoms with van der Waals surface area (Å²) >= 11 is 0. The van der Waals surface area contributed by atoms with E-state index in [1.54, 1.807) is 30.5 Å². The molecule has 0 radical (unpaired) electrons. The summed E-state index contributed by atoms with van der Waals surface area (Å²) in [5, 5.41) is 8.18. The number of anilines is 1. The molecule has 0 saturated carbocycles. The first-order valence-corrected chi connectivity index (χ1v) is 16.4. The van der Waals surface area contributed by atoms with Crippen LogP contribution in [0.15, 0.2) is 60.6 Å². The van der Waals surface area contributed by atoms with Crippen LogP contribution in [0.1, 0.15) is 64.4 Å². The van der Waals surface area contributed by atoms with E-state index in [0.29, 0.717) is 17.7 Å². The number of fused-ring (bicyclic) bond motifs is 1. The van der Waals surface area contributed by atoms with Crippen LogP contribution in [-0.4, -0.2) is 76.1 Å². The number of aromatic nitrogens is 2. The molecule has 1 saturated heterocycles. The van der Waals surface area contributed by atoms with Crippen molar-refractivity contribution in [1.82, 2.24) is 35.1 Å². The Morgan fingerprint density at radius 2 is 1.79 bits per heavy atom. The Morgan fingerprint density at radius 3 is 2.52 bits per heavy atom. The second-order valence-corrected chi connectivity index (χ2v) is 12.2. The van der Waals surface area contributed by atoms with Gasteiger partial charge in [-0.3, -0.25) is 9.69 Å². The predicted octanol–water partition coefficient (Wildman–Crippen LogP) is 5.02. The number of nitrogens with zero attached hydrogens (tertiary/aromatic N) is 5. The number of imidazole rings is 1. The smallest absolute Gasteiger partial charge is 0.354 e. The molecule has 252 valence electrons. The lowest BCUT2D eigenvalue weighted by atomic mass is 10.0. The molecular formula is C36H41F3N8O. The third kappa shape index (κ3) is 7.59. The normalized spacial score (nSPS) is 16.9. The monoisotopic (exact) mass is 658 g/mol. The first-order chi connectivity index (χ1) is 23.1. The van der Waals surface area contributed by atoms with Crippen LogP contribution < -0.4 is 16.1 Å². The van der Waals surface area contributed by atoms with Crippen LogP contribution in [0.3, 0.4) is 0 Å². The molecule has 9 nitrogen and oxygen atoms in total. The zero-order chi connectivity index (χ0) is 33.8. The zero-order valence-electron chi connectivity index (χ0n) is 27.5. The van der Waals surface area contributed by atoms with Crippen LogP contribution in [0.25, 0.3) is 5.70 Å². The molecule has 1 fully saturated rings. The molecule has 48 heavy (non-hydrogen) atoms. The van der Waals surface area contributed by atoms with Crippen molar-refractivity contribution in [2.45, 2.75) is 46.5 Å². The highest BCUT2D eigenvalue weighted by molar-refractivity contribution is 6.04. The number of hydrogen-bond donors (Lipinski definition) is 3. The van der Waals surface area contributed by atoms with Crippen molar-refractivity contribution < 1.29 is 18.0 Å². The Bertz CT molecular complexity index is 1790. The minimum Gasteiger partial charge on any atom is -0.354 e. The van der Waals surface area contributed by atoms with E-state index in [2.05, 4.69) is 68.5 Å². The Kier molecular flexibility index (Phi) is 9.91. The van der Waals surface area contributed by atoms with Gasteiger partial charge < -0.3 is 25.1 Å². The molecule has 0 aliphatic carbocycles. The quantitative estimate of drug-likeness (QED) is 0.294. The van der Waals surface area contributed by atoms with E-state index in [1.807, 2.05) is 16.8 Å². The standard InChI is InChI=1S/C36H41F3N8O/c1-4-44-15-17-45(18-16-44)23-28-10-12-29(20-32(28)36(37,38)39)43-35(48)27-9-8-25(3)26(19-27)11-13-31-22-40-34-33(7-6-14-47(31)34)42-30-21-41-46(5-2)24-30/h7-10,12,19-20,22,24,41-42H,4-6,14-18,21,23H2,1-3H3,(H,43,48). The van der Waals surface area contributed by atoms with Crippen molar-refractivity contribution >= 4 is 17.3 Å². The largest absolute Gasteiger partial charge is 0.416 e. The number of benzene rings is 2. The van der Waals surface area contributed by atoms with Crippen molar-refractivity contribution in [3.05, 3.63) is 99.9 Å². The molecule has 3 N–H and O–H groups in total. The number of carbonyl (C=O) groups excluding carboxylic acids is 1. The number of carbonyl (C=O) groups is 1. The summed E-state index contributed by atoms with van der Waals surface area (Å²) in [6, 6.07) is 9.16. The second kappa shape index (κ2) is 14.3. The maximum Gasteiger partial charge on any atom is 0.416 e. The molecule has 2 aromatic carbocycles. The lowest BCUT2D eigenvalue weighted by Gasteiger charge is -2.34. The number of amides is 1. The number of halogens is 3. The van der Waals surface area contributed by atoms with Gasteiger partial charge in [0.15, 0.2) is 5.82 Å². The first-order valence-electron chi connectivity index (χ1n) is 16.4. The fourth-order valence-electron chi connectivity index (χ4n) is 6.16. The Labute approximate surface area is 279 Å². The average Bonchev–Trinajstić information content (AvgIpc) is 3.72. The highest BCUT2D eigenvalue weighted by Gasteiger charge is 2.34. The van der Waals surface area contributed by atoms with Gasteiger partial charge in [-0.05, 0) is 68.1 Å². The topological polar surface area (TPSA) is 80.7 Å². The molecule has 0 unspecified atom stereocenters. The fraction of sp³-hybridized carbons (Fsp3) is 0.389. The van der Waals surface area contributed by atoms with Gasteiger partial charge in [-0.2, -0.15) is 13.2 Å². The van der Waals surface area contributed by atoms with Crippen molar-refractivity contribution in [3.8, 4) is 11.8 Å². The molecule has 3 aliphatic rings. The number of hydrazine groups is 1. The van der Waals surface area contributed by atoms with Gasteiger partial charge in [-0.25, -0.2) is 10.4 Å². The number of piperazine rings is 1. The molecule has 0 bridgehead atoms. The predicted molar refractivity (Wildman–Crippen MR) is 180 cm³/mol. The van der Waals surface area contributed by atoms with E-state index in [1.165, 1.54) is 6.07 Å². The van der Waals surface area contributed by atoms with Crippen LogP contribution >= 0.6 is 0 Å². The molecule has 4 heterocycles. The molecule has 6 rings (SSSR count). The Hall–Kier alpha value is -4.57. The van der Waals surface area contributed by atoms with Crippen LogP contribution in [-0.2, 0) is 19.3 Å². The third-order valence-corrected chi connectivity index (χ3v) is 9.02. The van der Waals surface area contributed by atoms with E-state index in [9.17, 15) is 18.0 Å². The second-order valence-electron chi connectivity index (χ2n) is 12.2. The van der Waals surface area contributed by atoms with Gasteiger partial charge >= 0.3 is 6.18 Å². The number of nitrogens with one attached hydrogen (secondary N) is 3. The van der Waals surface area contributed by atoms with Crippen LogP contribution in [0.2, 0.25) is 0 Å². The number of allylic oxidation sites excluding steroid dienone is 1. The molecule has 0 atom stereocenters. The van der Waals surface area contributed by atoms with E-state index in [-0.39, 0.29) is 17.8 Å². The number of rotatable bonds is 8. The summed E-state index contributed by atoms with van der Waals surface area (Å²) in [5.74, 6) is 6.72. The zero-order valence-corrected chi connectivity index (χ0v) is 27.5. The maximum atomic E-state index is 14.1. The first kappa shape index (κ1) is 33.3. The SMILES string of the molecule is CCN1CCN(Cc2ccc(NC(=O)c3ccc(C)c(C#Cc4cnc5n4CCC=C5NC4=CN(CC)NC4)c3)cc2C(F)(F)F)CC1. The van der Waals surface area contributed by atoms with Crippen molar-refractivity contribution in [3.63, 3.8) is 0 Å². The Balaban J connectivity index is 1.16. The molecule has 3 aromatic rings. The minimum atomic E-state index is -4.55. The minimum absolute atomic E-state index is 0.0926. The molecule has 3 aliphatic heterocycles. The van der Waals surface area contributed by atoms with Crippen molar-refractivity contribution in [1.29, 1.82) is 0 Å². The fourth-order valence-corrected chi connectivity index (χ4v) is 6.16. The number of likely N-dealkylation sites (N-methyl/N-ethyl adjacent to an activating group) is 1. The highest BCUT2D eigenvalue weighted by atomic mass is 19.4. The summed E-state index contributed by atoms with van der Waals surface area (Å²) in [7, 11) is 0. The lowest BCUT2D eigenvalue weighted by molar-refractivity contribution is -0.138. The summed E-state index contributed by atoms with van der Waals surface area (Å²) in [5.41, 5.74) is 7.45. The van der Waals surface area contributed by atoms with Gasteiger partial charge in [0, 0.05) is 74.5 Å². The summed E-state index contributed by atoms with van der Waals surface area (Å²) in [4.78, 5) is 22.2. The van der Waals surface area contributed by atoms with E-state index in [0.717, 1.165) is 86.8 Å². The van der Waals surface area contributed by atoms with Crippen LogP contribution in [0.4, 0.5) is 18.9 Å². The van der Waals surface area contributed by atoms with E-state index < -0.39 is 17.6 Å². The average molecular weight is 659 g/mol. The molecular weight excluding hydrogens is 617 g/mol. The molecule has 12 heteroatoms. The van der Waals surface area contributed by atoms with Gasteiger partial charge in [0.2, 0.25) is 0 Å². The highest BCUT2D eigenvalue weighted by Crippen LogP contribution is 2.35. The van der Waals surface area contributed by atoms with Crippen LogP contribution in [0, 0.1) is 18.8 Å². The number of aryl methyl sites for hydroxylation is 1. The van der Waals surface area contributed by atoms with Gasteiger partial charge in [0.05, 0.1) is 24.0 Å². The van der Waals surface area contributed by atoms with Crippen molar-refractivity contribution in [2.24, 2.45) is 0 Å². The molecule has 0 spiro atoms. The summed E-state index contributed by atoms with van der Waals surface area (Å²) in [6.45, 7) is 12.7. The van der Waals surface area contributed by atoms with E-state index in [4.69, 9.17) is 0 Å². The number of hydrogen-bond acceptors (Lipinski definition) is 7.